The van der Waals surface area contributed by atoms with Gasteiger partial charge in [0.15, 0.2) is 0 Å². The van der Waals surface area contributed by atoms with Crippen LogP contribution >= 0.6 is 0 Å². The molecule has 104 valence electrons. The summed E-state index contributed by atoms with van der Waals surface area (Å²) in [6.45, 7) is 4.41. The molecule has 1 aliphatic rings. The Bertz CT molecular complexity index is 572. The SMILES string of the molecule is CC1=CCC(C)(C(=N)C(=O)NCc2ccccc2)C=C1. The monoisotopic (exact) mass is 268 g/mol. The highest BCUT2D eigenvalue weighted by Gasteiger charge is 2.31. The van der Waals surface area contributed by atoms with Gasteiger partial charge in [0, 0.05) is 12.0 Å². The van der Waals surface area contributed by atoms with Crippen LogP contribution in [0.3, 0.4) is 0 Å². The van der Waals surface area contributed by atoms with Crippen LogP contribution in [-0.4, -0.2) is 11.6 Å². The van der Waals surface area contributed by atoms with Crippen LogP contribution in [0.2, 0.25) is 0 Å². The van der Waals surface area contributed by atoms with Crippen LogP contribution in [0, 0.1) is 10.8 Å². The van der Waals surface area contributed by atoms with E-state index >= 15 is 0 Å². The van der Waals surface area contributed by atoms with E-state index in [9.17, 15) is 4.79 Å². The lowest BCUT2D eigenvalue weighted by atomic mass is 9.77. The van der Waals surface area contributed by atoms with Crippen molar-refractivity contribution >= 4 is 11.6 Å². The molecular weight excluding hydrogens is 248 g/mol. The summed E-state index contributed by atoms with van der Waals surface area (Å²) in [4.78, 5) is 12.1. The van der Waals surface area contributed by atoms with Crippen molar-refractivity contribution in [3.63, 3.8) is 0 Å². The van der Waals surface area contributed by atoms with Gasteiger partial charge < -0.3 is 5.32 Å². The Labute approximate surface area is 119 Å². The lowest BCUT2D eigenvalue weighted by Gasteiger charge is -2.27. The Morgan fingerprint density at radius 3 is 2.65 bits per heavy atom. The van der Waals surface area contributed by atoms with Gasteiger partial charge in [-0.2, -0.15) is 0 Å². The molecule has 1 amide bonds. The van der Waals surface area contributed by atoms with Crippen LogP contribution in [-0.2, 0) is 11.3 Å². The smallest absolute Gasteiger partial charge is 0.266 e. The molecule has 0 saturated heterocycles. The van der Waals surface area contributed by atoms with Gasteiger partial charge in [-0.3, -0.25) is 10.2 Å². The van der Waals surface area contributed by atoms with Gasteiger partial charge in [0.2, 0.25) is 0 Å². The Morgan fingerprint density at radius 2 is 2.05 bits per heavy atom. The lowest BCUT2D eigenvalue weighted by Crippen LogP contribution is -2.39. The molecule has 0 aliphatic heterocycles. The Balaban J connectivity index is 1.96. The van der Waals surface area contributed by atoms with Crippen molar-refractivity contribution in [2.75, 3.05) is 0 Å². The van der Waals surface area contributed by atoms with Crippen molar-refractivity contribution < 1.29 is 4.79 Å². The summed E-state index contributed by atoms with van der Waals surface area (Å²) in [7, 11) is 0. The second-order valence-corrected chi connectivity index (χ2v) is 5.45. The Kier molecular flexibility index (Phi) is 4.18. The summed E-state index contributed by atoms with van der Waals surface area (Å²) in [5.74, 6) is -0.297. The molecule has 3 nitrogen and oxygen atoms in total. The number of rotatable bonds is 4. The molecule has 0 bridgehead atoms. The van der Waals surface area contributed by atoms with E-state index < -0.39 is 5.41 Å². The van der Waals surface area contributed by atoms with E-state index in [1.54, 1.807) is 0 Å². The van der Waals surface area contributed by atoms with E-state index in [-0.39, 0.29) is 11.6 Å². The van der Waals surface area contributed by atoms with Crippen molar-refractivity contribution in [2.24, 2.45) is 5.41 Å². The zero-order chi connectivity index (χ0) is 14.6. The summed E-state index contributed by atoms with van der Waals surface area (Å²) >= 11 is 0. The van der Waals surface area contributed by atoms with E-state index in [1.165, 1.54) is 5.57 Å². The summed E-state index contributed by atoms with van der Waals surface area (Å²) in [5, 5.41) is 10.9. The molecular formula is C17H20N2O. The number of allylic oxidation sites excluding steroid dienone is 4. The molecule has 0 fully saturated rings. The van der Waals surface area contributed by atoms with Gasteiger partial charge >= 0.3 is 0 Å². The van der Waals surface area contributed by atoms with Gasteiger partial charge in [-0.1, -0.05) is 54.1 Å². The van der Waals surface area contributed by atoms with Gasteiger partial charge in [0.1, 0.15) is 5.71 Å². The minimum atomic E-state index is -0.500. The zero-order valence-electron chi connectivity index (χ0n) is 11.9. The first kappa shape index (κ1) is 14.3. The highest BCUT2D eigenvalue weighted by molar-refractivity contribution is 6.40. The van der Waals surface area contributed by atoms with Crippen molar-refractivity contribution in [3.05, 3.63) is 59.7 Å². The standard InChI is InChI=1S/C17H20N2O/c1-13-8-10-17(2,11-9-13)15(18)16(20)19-12-14-6-4-3-5-7-14/h3-10,18H,11-12H2,1-2H3,(H,19,20). The molecule has 2 rings (SSSR count). The maximum Gasteiger partial charge on any atom is 0.266 e. The minimum Gasteiger partial charge on any atom is -0.347 e. The maximum atomic E-state index is 12.1. The third kappa shape index (κ3) is 3.23. The fourth-order valence-corrected chi connectivity index (χ4v) is 2.14. The molecule has 1 unspecified atom stereocenters. The van der Waals surface area contributed by atoms with Crippen molar-refractivity contribution in [3.8, 4) is 0 Å². The third-order valence-electron chi connectivity index (χ3n) is 3.66. The van der Waals surface area contributed by atoms with Crippen LogP contribution in [0.25, 0.3) is 0 Å². The lowest BCUT2D eigenvalue weighted by molar-refractivity contribution is -0.115. The number of carbonyl (C=O) groups excluding carboxylic acids is 1. The number of nitrogens with one attached hydrogen (secondary N) is 2. The first-order valence-corrected chi connectivity index (χ1v) is 6.78. The van der Waals surface area contributed by atoms with Crippen LogP contribution < -0.4 is 5.32 Å². The Hall–Kier alpha value is -2.16. The minimum absolute atomic E-state index is 0.119. The first-order chi connectivity index (χ1) is 9.51. The normalized spacial score (nSPS) is 21.2. The van der Waals surface area contributed by atoms with Gasteiger partial charge in [0.05, 0.1) is 0 Å². The summed E-state index contributed by atoms with van der Waals surface area (Å²) in [5.41, 5.74) is 1.84. The van der Waals surface area contributed by atoms with Gasteiger partial charge in [-0.25, -0.2) is 0 Å². The molecule has 1 aromatic carbocycles. The maximum absolute atomic E-state index is 12.1. The van der Waals surface area contributed by atoms with Crippen LogP contribution in [0.4, 0.5) is 0 Å². The molecule has 0 spiro atoms. The molecule has 1 atom stereocenters. The molecule has 1 aromatic rings. The topological polar surface area (TPSA) is 53.0 Å². The highest BCUT2D eigenvalue weighted by atomic mass is 16.1. The van der Waals surface area contributed by atoms with E-state index in [0.717, 1.165) is 5.56 Å². The fraction of sp³-hybridized carbons (Fsp3) is 0.294. The molecule has 0 heterocycles. The van der Waals surface area contributed by atoms with Gasteiger partial charge in [0.25, 0.3) is 5.91 Å². The summed E-state index contributed by atoms with van der Waals surface area (Å²) < 4.78 is 0. The van der Waals surface area contributed by atoms with Crippen molar-refractivity contribution in [2.45, 2.75) is 26.8 Å². The summed E-state index contributed by atoms with van der Waals surface area (Å²) in [6, 6.07) is 9.73. The highest BCUT2D eigenvalue weighted by Crippen LogP contribution is 2.30. The Morgan fingerprint density at radius 1 is 1.35 bits per heavy atom. The average molecular weight is 268 g/mol. The number of carbonyl (C=O) groups is 1. The van der Waals surface area contributed by atoms with E-state index in [1.807, 2.05) is 56.3 Å². The first-order valence-electron chi connectivity index (χ1n) is 6.78. The van der Waals surface area contributed by atoms with E-state index in [0.29, 0.717) is 13.0 Å². The number of benzene rings is 1. The second kappa shape index (κ2) is 5.87. The molecule has 20 heavy (non-hydrogen) atoms. The molecule has 0 aromatic heterocycles. The molecule has 0 saturated carbocycles. The van der Waals surface area contributed by atoms with E-state index in [4.69, 9.17) is 5.41 Å². The van der Waals surface area contributed by atoms with Gasteiger partial charge in [-0.15, -0.1) is 0 Å². The van der Waals surface area contributed by atoms with Gasteiger partial charge in [-0.05, 0) is 25.8 Å². The molecule has 0 radical (unpaired) electrons. The number of hydrogen-bond donors (Lipinski definition) is 2. The third-order valence-corrected chi connectivity index (χ3v) is 3.66. The largest absolute Gasteiger partial charge is 0.347 e. The predicted octanol–water partition coefficient (Wildman–Crippen LogP) is 3.24. The van der Waals surface area contributed by atoms with Crippen molar-refractivity contribution in [1.29, 1.82) is 5.41 Å². The number of amides is 1. The quantitative estimate of drug-likeness (QED) is 0.809. The average Bonchev–Trinajstić information content (AvgIpc) is 2.48. The molecule has 3 heteroatoms. The summed E-state index contributed by atoms with van der Waals surface area (Å²) in [6.07, 6.45) is 6.70. The van der Waals surface area contributed by atoms with Crippen LogP contribution in [0.5, 0.6) is 0 Å². The second-order valence-electron chi connectivity index (χ2n) is 5.45. The molecule has 1 aliphatic carbocycles. The van der Waals surface area contributed by atoms with E-state index in [2.05, 4.69) is 11.4 Å². The predicted molar refractivity (Wildman–Crippen MR) is 81.6 cm³/mol. The fourth-order valence-electron chi connectivity index (χ4n) is 2.14. The van der Waals surface area contributed by atoms with Crippen LogP contribution in [0.1, 0.15) is 25.8 Å². The van der Waals surface area contributed by atoms with Crippen LogP contribution in [0.15, 0.2) is 54.1 Å². The zero-order valence-corrected chi connectivity index (χ0v) is 11.9. The number of hydrogen-bond acceptors (Lipinski definition) is 2. The molecule has 2 N–H and O–H groups in total. The van der Waals surface area contributed by atoms with Crippen molar-refractivity contribution in [1.82, 2.24) is 5.32 Å².